The standard InChI is InChI=1S/C16H26N2O/c1-3-9-19-16-11-13(17)10-15(12-16)18(2)14-7-5-4-6-8-14/h10-12,14H,3-9,17H2,1-2H3. The average molecular weight is 262 g/mol. The normalized spacial score (nSPS) is 16.3. The second-order valence-corrected chi connectivity index (χ2v) is 5.51. The summed E-state index contributed by atoms with van der Waals surface area (Å²) in [5, 5.41) is 0. The Balaban J connectivity index is 2.11. The molecule has 1 aliphatic carbocycles. The molecule has 0 spiro atoms. The van der Waals surface area contributed by atoms with Crippen molar-refractivity contribution in [1.82, 2.24) is 0 Å². The third-order valence-electron chi connectivity index (χ3n) is 3.92. The molecular weight excluding hydrogens is 236 g/mol. The molecule has 0 saturated heterocycles. The summed E-state index contributed by atoms with van der Waals surface area (Å²) in [5.41, 5.74) is 7.95. The Bertz CT molecular complexity index is 400. The van der Waals surface area contributed by atoms with E-state index < -0.39 is 0 Å². The lowest BCUT2D eigenvalue weighted by molar-refractivity contribution is 0.317. The molecule has 0 amide bonds. The van der Waals surface area contributed by atoms with Gasteiger partial charge >= 0.3 is 0 Å². The van der Waals surface area contributed by atoms with Gasteiger partial charge in [0, 0.05) is 36.6 Å². The number of hydrogen-bond donors (Lipinski definition) is 1. The quantitative estimate of drug-likeness (QED) is 0.820. The largest absolute Gasteiger partial charge is 0.493 e. The van der Waals surface area contributed by atoms with E-state index in [2.05, 4.69) is 24.9 Å². The summed E-state index contributed by atoms with van der Waals surface area (Å²) < 4.78 is 5.71. The van der Waals surface area contributed by atoms with Gasteiger partial charge in [-0.1, -0.05) is 26.2 Å². The fourth-order valence-corrected chi connectivity index (χ4v) is 2.79. The molecule has 3 heteroatoms. The smallest absolute Gasteiger partial charge is 0.123 e. The lowest BCUT2D eigenvalue weighted by atomic mass is 9.94. The molecule has 1 aliphatic rings. The number of rotatable bonds is 5. The van der Waals surface area contributed by atoms with Gasteiger partial charge in [0.1, 0.15) is 5.75 Å². The van der Waals surface area contributed by atoms with Crippen molar-refractivity contribution in [3.8, 4) is 5.75 Å². The van der Waals surface area contributed by atoms with Gasteiger partial charge in [-0.3, -0.25) is 0 Å². The minimum absolute atomic E-state index is 0.648. The summed E-state index contributed by atoms with van der Waals surface area (Å²) in [5.74, 6) is 0.888. The summed E-state index contributed by atoms with van der Waals surface area (Å²) in [4.78, 5) is 2.37. The number of ether oxygens (including phenoxy) is 1. The van der Waals surface area contributed by atoms with E-state index in [-0.39, 0.29) is 0 Å². The van der Waals surface area contributed by atoms with Crippen LogP contribution in [0.4, 0.5) is 11.4 Å². The van der Waals surface area contributed by atoms with Gasteiger partial charge in [0.2, 0.25) is 0 Å². The molecule has 0 atom stereocenters. The van der Waals surface area contributed by atoms with Crippen LogP contribution in [0.15, 0.2) is 18.2 Å². The van der Waals surface area contributed by atoms with E-state index in [4.69, 9.17) is 10.5 Å². The van der Waals surface area contributed by atoms with Crippen molar-refractivity contribution in [3.05, 3.63) is 18.2 Å². The Morgan fingerprint density at radius 1 is 1.21 bits per heavy atom. The average Bonchev–Trinajstić information content (AvgIpc) is 2.44. The Kier molecular flexibility index (Phi) is 4.94. The van der Waals surface area contributed by atoms with Crippen molar-refractivity contribution >= 4 is 11.4 Å². The van der Waals surface area contributed by atoms with Gasteiger partial charge < -0.3 is 15.4 Å². The molecule has 0 radical (unpaired) electrons. The highest BCUT2D eigenvalue weighted by atomic mass is 16.5. The first-order valence-electron chi connectivity index (χ1n) is 7.47. The summed E-state index contributed by atoms with van der Waals surface area (Å²) in [6, 6.07) is 6.72. The Morgan fingerprint density at radius 2 is 1.95 bits per heavy atom. The zero-order chi connectivity index (χ0) is 13.7. The molecule has 0 aromatic heterocycles. The van der Waals surface area contributed by atoms with E-state index in [1.165, 1.54) is 37.8 Å². The first-order chi connectivity index (χ1) is 9.20. The summed E-state index contributed by atoms with van der Waals surface area (Å²) >= 11 is 0. The first kappa shape index (κ1) is 14.0. The maximum atomic E-state index is 5.99. The van der Waals surface area contributed by atoms with Gasteiger partial charge in [-0.05, 0) is 25.3 Å². The number of benzene rings is 1. The van der Waals surface area contributed by atoms with Gasteiger partial charge in [-0.25, -0.2) is 0 Å². The van der Waals surface area contributed by atoms with Crippen LogP contribution in [0.1, 0.15) is 45.4 Å². The minimum atomic E-state index is 0.648. The van der Waals surface area contributed by atoms with Crippen LogP contribution in [0, 0.1) is 0 Å². The molecule has 0 unspecified atom stereocenters. The van der Waals surface area contributed by atoms with E-state index in [9.17, 15) is 0 Å². The zero-order valence-corrected chi connectivity index (χ0v) is 12.2. The SMILES string of the molecule is CCCOc1cc(N)cc(N(C)C2CCCCC2)c1. The van der Waals surface area contributed by atoms with Crippen LogP contribution in [0.2, 0.25) is 0 Å². The number of nitrogens with zero attached hydrogens (tertiary/aromatic N) is 1. The number of hydrogen-bond acceptors (Lipinski definition) is 3. The predicted octanol–water partition coefficient (Wildman–Crippen LogP) is 3.83. The van der Waals surface area contributed by atoms with Crippen LogP contribution in [0.3, 0.4) is 0 Å². The van der Waals surface area contributed by atoms with E-state index in [1.54, 1.807) is 0 Å². The third-order valence-corrected chi connectivity index (χ3v) is 3.92. The van der Waals surface area contributed by atoms with Crippen molar-refractivity contribution in [2.24, 2.45) is 0 Å². The van der Waals surface area contributed by atoms with E-state index in [1.807, 2.05) is 12.1 Å². The molecule has 0 bridgehead atoms. The van der Waals surface area contributed by atoms with Gasteiger partial charge in [0.15, 0.2) is 0 Å². The Hall–Kier alpha value is -1.38. The highest BCUT2D eigenvalue weighted by Crippen LogP contribution is 2.30. The molecule has 2 rings (SSSR count). The minimum Gasteiger partial charge on any atom is -0.493 e. The van der Waals surface area contributed by atoms with Crippen molar-refractivity contribution < 1.29 is 4.74 Å². The molecule has 19 heavy (non-hydrogen) atoms. The van der Waals surface area contributed by atoms with Crippen molar-refractivity contribution in [2.75, 3.05) is 24.3 Å². The molecule has 1 fully saturated rings. The molecule has 0 heterocycles. The zero-order valence-electron chi connectivity index (χ0n) is 12.2. The first-order valence-corrected chi connectivity index (χ1v) is 7.47. The van der Waals surface area contributed by atoms with Crippen LogP contribution in [-0.4, -0.2) is 19.7 Å². The molecule has 0 aliphatic heterocycles. The molecule has 3 nitrogen and oxygen atoms in total. The van der Waals surface area contributed by atoms with Gasteiger partial charge in [-0.15, -0.1) is 0 Å². The van der Waals surface area contributed by atoms with Crippen molar-refractivity contribution in [1.29, 1.82) is 0 Å². The number of nitrogens with two attached hydrogens (primary N) is 1. The lowest BCUT2D eigenvalue weighted by Crippen LogP contribution is -2.33. The van der Waals surface area contributed by atoms with Crippen molar-refractivity contribution in [2.45, 2.75) is 51.5 Å². The molecule has 106 valence electrons. The molecule has 2 N–H and O–H groups in total. The second-order valence-electron chi connectivity index (χ2n) is 5.51. The predicted molar refractivity (Wildman–Crippen MR) is 81.9 cm³/mol. The third kappa shape index (κ3) is 3.79. The van der Waals surface area contributed by atoms with E-state index in [0.717, 1.165) is 24.5 Å². The molecule has 1 aromatic carbocycles. The lowest BCUT2D eigenvalue weighted by Gasteiger charge is -2.33. The van der Waals surface area contributed by atoms with E-state index >= 15 is 0 Å². The van der Waals surface area contributed by atoms with Crippen LogP contribution < -0.4 is 15.4 Å². The Labute approximate surface area is 116 Å². The van der Waals surface area contributed by atoms with Crippen LogP contribution in [-0.2, 0) is 0 Å². The maximum Gasteiger partial charge on any atom is 0.123 e. The monoisotopic (exact) mass is 262 g/mol. The van der Waals surface area contributed by atoms with Crippen LogP contribution in [0.5, 0.6) is 5.75 Å². The number of nitrogen functional groups attached to an aromatic ring is 1. The van der Waals surface area contributed by atoms with Crippen LogP contribution >= 0.6 is 0 Å². The summed E-state index contributed by atoms with van der Waals surface area (Å²) in [6.45, 7) is 2.86. The summed E-state index contributed by atoms with van der Waals surface area (Å²) in [7, 11) is 2.17. The summed E-state index contributed by atoms with van der Waals surface area (Å²) in [6.07, 6.45) is 7.66. The topological polar surface area (TPSA) is 38.5 Å². The highest BCUT2D eigenvalue weighted by Gasteiger charge is 2.19. The number of anilines is 2. The van der Waals surface area contributed by atoms with Crippen LogP contribution in [0.25, 0.3) is 0 Å². The second kappa shape index (κ2) is 6.69. The van der Waals surface area contributed by atoms with E-state index in [0.29, 0.717) is 6.04 Å². The van der Waals surface area contributed by atoms with Gasteiger partial charge in [0.05, 0.1) is 6.61 Å². The fourth-order valence-electron chi connectivity index (χ4n) is 2.79. The van der Waals surface area contributed by atoms with Crippen molar-refractivity contribution in [3.63, 3.8) is 0 Å². The van der Waals surface area contributed by atoms with Gasteiger partial charge in [0.25, 0.3) is 0 Å². The molecular formula is C16H26N2O. The maximum absolute atomic E-state index is 5.99. The molecule has 1 aromatic rings. The van der Waals surface area contributed by atoms with Gasteiger partial charge in [-0.2, -0.15) is 0 Å². The highest BCUT2D eigenvalue weighted by molar-refractivity contribution is 5.60. The fraction of sp³-hybridized carbons (Fsp3) is 0.625. The molecule has 1 saturated carbocycles. The Morgan fingerprint density at radius 3 is 2.63 bits per heavy atom.